The number of nitrogens with one attached hydrogen (secondary N) is 2. The average molecular weight is 252 g/mol. The summed E-state index contributed by atoms with van der Waals surface area (Å²) in [5.74, 6) is -1.72. The minimum atomic E-state index is -0.799. The highest BCUT2D eigenvalue weighted by Crippen LogP contribution is 2.10. The molecule has 94 valence electrons. The Bertz CT molecular complexity index is 536. The molecule has 1 heterocycles. The third-order valence-corrected chi connectivity index (χ3v) is 2.32. The van der Waals surface area contributed by atoms with E-state index in [2.05, 4.69) is 20.5 Å². The van der Waals surface area contributed by atoms with Crippen LogP contribution in [0.1, 0.15) is 29.1 Å². The maximum absolute atomic E-state index is 13.0. The standard InChI is InChI=1S/C11H10F2N4O/c1-6(10-14-5-15-17-10)16-11(18)7-2-8(12)4-9(13)3-7/h2-6H,1H3,(H,16,18)(H,14,15,17). The van der Waals surface area contributed by atoms with Crippen LogP contribution in [0.4, 0.5) is 8.78 Å². The first-order chi connectivity index (χ1) is 8.56. The van der Waals surface area contributed by atoms with Gasteiger partial charge in [0.2, 0.25) is 0 Å². The molecule has 18 heavy (non-hydrogen) atoms. The van der Waals surface area contributed by atoms with Gasteiger partial charge in [-0.05, 0) is 19.1 Å². The van der Waals surface area contributed by atoms with Crippen LogP contribution < -0.4 is 5.32 Å². The van der Waals surface area contributed by atoms with E-state index in [9.17, 15) is 13.6 Å². The molecule has 0 radical (unpaired) electrons. The second kappa shape index (κ2) is 4.91. The summed E-state index contributed by atoms with van der Waals surface area (Å²) in [4.78, 5) is 15.6. The van der Waals surface area contributed by atoms with Crippen LogP contribution in [-0.4, -0.2) is 21.1 Å². The number of rotatable bonds is 3. The second-order valence-corrected chi connectivity index (χ2v) is 3.72. The van der Waals surface area contributed by atoms with Gasteiger partial charge in [-0.25, -0.2) is 13.8 Å². The van der Waals surface area contributed by atoms with Crippen molar-refractivity contribution in [3.8, 4) is 0 Å². The van der Waals surface area contributed by atoms with Gasteiger partial charge < -0.3 is 5.32 Å². The Labute approximate surface area is 101 Å². The highest BCUT2D eigenvalue weighted by Gasteiger charge is 2.14. The molecular weight excluding hydrogens is 242 g/mol. The van der Waals surface area contributed by atoms with E-state index in [1.807, 2.05) is 0 Å². The van der Waals surface area contributed by atoms with E-state index in [4.69, 9.17) is 0 Å². The van der Waals surface area contributed by atoms with Gasteiger partial charge in [-0.1, -0.05) is 0 Å². The number of hydrogen-bond acceptors (Lipinski definition) is 3. The van der Waals surface area contributed by atoms with E-state index in [0.29, 0.717) is 11.9 Å². The first-order valence-electron chi connectivity index (χ1n) is 5.18. The Morgan fingerprint density at radius 3 is 2.56 bits per heavy atom. The molecule has 7 heteroatoms. The predicted octanol–water partition coefficient (Wildman–Crippen LogP) is 1.57. The van der Waals surface area contributed by atoms with Crippen molar-refractivity contribution in [2.75, 3.05) is 0 Å². The Kier molecular flexibility index (Phi) is 3.31. The molecule has 0 aliphatic rings. The quantitative estimate of drug-likeness (QED) is 0.871. The Hall–Kier alpha value is -2.31. The van der Waals surface area contributed by atoms with Crippen molar-refractivity contribution in [2.45, 2.75) is 13.0 Å². The molecule has 2 rings (SSSR count). The van der Waals surface area contributed by atoms with Gasteiger partial charge >= 0.3 is 0 Å². The molecule has 1 amide bonds. The van der Waals surface area contributed by atoms with Crippen molar-refractivity contribution < 1.29 is 13.6 Å². The third-order valence-electron chi connectivity index (χ3n) is 2.32. The molecule has 0 aliphatic carbocycles. The van der Waals surface area contributed by atoms with Crippen LogP contribution in [0.5, 0.6) is 0 Å². The van der Waals surface area contributed by atoms with Crippen molar-refractivity contribution in [3.63, 3.8) is 0 Å². The van der Waals surface area contributed by atoms with E-state index in [1.54, 1.807) is 6.92 Å². The van der Waals surface area contributed by atoms with E-state index in [0.717, 1.165) is 12.1 Å². The van der Waals surface area contributed by atoms with E-state index < -0.39 is 23.6 Å². The fourth-order valence-corrected chi connectivity index (χ4v) is 1.46. The number of benzene rings is 1. The summed E-state index contributed by atoms with van der Waals surface area (Å²) in [6, 6.07) is 2.19. The van der Waals surface area contributed by atoms with Gasteiger partial charge in [0.15, 0.2) is 0 Å². The molecule has 5 nitrogen and oxygen atoms in total. The van der Waals surface area contributed by atoms with Crippen LogP contribution in [0.15, 0.2) is 24.5 Å². The van der Waals surface area contributed by atoms with Gasteiger partial charge in [-0.15, -0.1) is 0 Å². The molecule has 1 aromatic heterocycles. The Morgan fingerprint density at radius 2 is 2.00 bits per heavy atom. The molecule has 1 aromatic carbocycles. The maximum Gasteiger partial charge on any atom is 0.252 e. The summed E-state index contributed by atoms with van der Waals surface area (Å²) in [6.45, 7) is 1.67. The second-order valence-electron chi connectivity index (χ2n) is 3.72. The molecule has 0 bridgehead atoms. The summed E-state index contributed by atoms with van der Waals surface area (Å²) in [6.07, 6.45) is 1.31. The van der Waals surface area contributed by atoms with Gasteiger partial charge in [0.1, 0.15) is 23.8 Å². The first-order valence-corrected chi connectivity index (χ1v) is 5.18. The van der Waals surface area contributed by atoms with Gasteiger partial charge in [0, 0.05) is 11.6 Å². The zero-order valence-corrected chi connectivity index (χ0v) is 9.45. The van der Waals surface area contributed by atoms with Crippen molar-refractivity contribution in [1.82, 2.24) is 20.5 Å². The summed E-state index contributed by atoms with van der Waals surface area (Å²) in [5, 5.41) is 8.78. The smallest absolute Gasteiger partial charge is 0.252 e. The van der Waals surface area contributed by atoms with E-state index >= 15 is 0 Å². The van der Waals surface area contributed by atoms with Gasteiger partial charge in [0.25, 0.3) is 5.91 Å². The minimum absolute atomic E-state index is 0.0844. The van der Waals surface area contributed by atoms with Crippen LogP contribution in [-0.2, 0) is 0 Å². The van der Waals surface area contributed by atoms with Crippen molar-refractivity contribution in [3.05, 3.63) is 47.5 Å². The SMILES string of the molecule is CC(NC(=O)c1cc(F)cc(F)c1)c1ncn[nH]1. The number of carbonyl (C=O) groups excluding carboxylic acids is 1. The third kappa shape index (κ3) is 2.68. The molecule has 0 saturated heterocycles. The fourth-order valence-electron chi connectivity index (χ4n) is 1.46. The Morgan fingerprint density at radius 1 is 1.33 bits per heavy atom. The molecule has 0 saturated carbocycles. The summed E-state index contributed by atoms with van der Waals surface area (Å²) >= 11 is 0. The van der Waals surface area contributed by atoms with Crippen LogP contribution in [0.25, 0.3) is 0 Å². The summed E-state index contributed by atoms with van der Waals surface area (Å²) < 4.78 is 25.9. The predicted molar refractivity (Wildman–Crippen MR) is 58.6 cm³/mol. The lowest BCUT2D eigenvalue weighted by Gasteiger charge is -2.11. The average Bonchev–Trinajstić information content (AvgIpc) is 2.80. The van der Waals surface area contributed by atoms with Crippen molar-refractivity contribution >= 4 is 5.91 Å². The molecule has 2 aromatic rings. The number of amides is 1. The first kappa shape index (κ1) is 12.2. The zero-order chi connectivity index (χ0) is 13.1. The number of hydrogen-bond donors (Lipinski definition) is 2. The zero-order valence-electron chi connectivity index (χ0n) is 9.45. The highest BCUT2D eigenvalue weighted by atomic mass is 19.1. The van der Waals surface area contributed by atoms with Crippen LogP contribution in [0.2, 0.25) is 0 Å². The minimum Gasteiger partial charge on any atom is -0.342 e. The number of carbonyl (C=O) groups is 1. The number of halogens is 2. The molecule has 2 N–H and O–H groups in total. The summed E-state index contributed by atoms with van der Waals surface area (Å²) in [7, 11) is 0. The number of H-pyrrole nitrogens is 1. The lowest BCUT2D eigenvalue weighted by molar-refractivity contribution is 0.0937. The Balaban J connectivity index is 2.12. The number of nitrogens with zero attached hydrogens (tertiary/aromatic N) is 2. The van der Waals surface area contributed by atoms with Crippen molar-refractivity contribution in [2.24, 2.45) is 0 Å². The molecule has 1 unspecified atom stereocenters. The molecule has 0 fully saturated rings. The van der Waals surface area contributed by atoms with Crippen LogP contribution in [0, 0.1) is 11.6 Å². The monoisotopic (exact) mass is 252 g/mol. The normalized spacial score (nSPS) is 12.2. The lowest BCUT2D eigenvalue weighted by Crippen LogP contribution is -2.27. The van der Waals surface area contributed by atoms with Gasteiger partial charge in [-0.2, -0.15) is 5.10 Å². The topological polar surface area (TPSA) is 70.7 Å². The molecule has 0 aliphatic heterocycles. The van der Waals surface area contributed by atoms with E-state index in [1.165, 1.54) is 6.33 Å². The largest absolute Gasteiger partial charge is 0.342 e. The molecular formula is C11H10F2N4O. The maximum atomic E-state index is 13.0. The van der Waals surface area contributed by atoms with Gasteiger partial charge in [-0.3, -0.25) is 9.89 Å². The lowest BCUT2D eigenvalue weighted by atomic mass is 10.2. The van der Waals surface area contributed by atoms with Crippen LogP contribution >= 0.6 is 0 Å². The van der Waals surface area contributed by atoms with Crippen LogP contribution in [0.3, 0.4) is 0 Å². The summed E-state index contributed by atoms with van der Waals surface area (Å²) in [5.41, 5.74) is -0.0844. The number of aromatic amines is 1. The fraction of sp³-hybridized carbons (Fsp3) is 0.182. The molecule has 0 spiro atoms. The molecule has 1 atom stereocenters. The van der Waals surface area contributed by atoms with Gasteiger partial charge in [0.05, 0.1) is 6.04 Å². The van der Waals surface area contributed by atoms with Crippen molar-refractivity contribution in [1.29, 1.82) is 0 Å². The highest BCUT2D eigenvalue weighted by molar-refractivity contribution is 5.94. The number of aromatic nitrogens is 3. The van der Waals surface area contributed by atoms with E-state index in [-0.39, 0.29) is 5.56 Å².